The van der Waals surface area contributed by atoms with Crippen LogP contribution < -0.4 is 16.4 Å². The Balaban J connectivity index is 2.49. The molecule has 0 spiro atoms. The molecule has 0 aliphatic carbocycles. The Hall–Kier alpha value is -1.55. The molecule has 0 heterocycles. The van der Waals surface area contributed by atoms with Gasteiger partial charge in [-0.15, -0.1) is 0 Å². The van der Waals surface area contributed by atoms with E-state index in [2.05, 4.69) is 36.6 Å². The topological polar surface area (TPSA) is 67.2 Å². The molecule has 100 valence electrons. The first-order valence-corrected chi connectivity index (χ1v) is 6.41. The number of carbonyl (C=O) groups excluding carboxylic acids is 1. The summed E-state index contributed by atoms with van der Waals surface area (Å²) in [6.07, 6.45) is 1.07. The van der Waals surface area contributed by atoms with E-state index in [4.69, 9.17) is 5.73 Å². The van der Waals surface area contributed by atoms with E-state index in [0.717, 1.165) is 13.0 Å². The highest BCUT2D eigenvalue weighted by molar-refractivity contribution is 5.71. The second kappa shape index (κ2) is 7.71. The first-order chi connectivity index (χ1) is 8.59. The number of hydrogen-bond donors (Lipinski definition) is 3. The Bertz CT molecular complexity index is 351. The fourth-order valence-electron chi connectivity index (χ4n) is 1.93. The highest BCUT2D eigenvalue weighted by atomic mass is 16.2. The molecule has 0 aliphatic heterocycles. The lowest BCUT2D eigenvalue weighted by molar-refractivity contribution is 0.248. The van der Waals surface area contributed by atoms with Crippen molar-refractivity contribution in [3.8, 4) is 0 Å². The molecule has 0 bridgehead atoms. The van der Waals surface area contributed by atoms with E-state index in [1.54, 1.807) is 0 Å². The van der Waals surface area contributed by atoms with Crippen molar-refractivity contribution in [1.29, 1.82) is 0 Å². The minimum atomic E-state index is -0.475. The van der Waals surface area contributed by atoms with Crippen LogP contribution in [0.5, 0.6) is 0 Å². The van der Waals surface area contributed by atoms with Crippen LogP contribution in [0.25, 0.3) is 0 Å². The monoisotopic (exact) mass is 249 g/mol. The lowest BCUT2D eigenvalue weighted by Gasteiger charge is -2.21. The van der Waals surface area contributed by atoms with Gasteiger partial charge in [0.25, 0.3) is 0 Å². The minimum Gasteiger partial charge on any atom is -0.352 e. The second-order valence-corrected chi connectivity index (χ2v) is 4.84. The average molecular weight is 249 g/mol. The molecule has 4 heteroatoms. The average Bonchev–Trinajstić information content (AvgIpc) is 2.33. The van der Waals surface area contributed by atoms with Gasteiger partial charge in [-0.3, -0.25) is 0 Å². The normalized spacial score (nSPS) is 12.4. The standard InChI is InChI=1S/C14H23N3O/c1-11(2)10-13(12-6-4-3-5-7-12)16-8-9-17-14(15)18/h3-7,11,13,16H,8-10H2,1-2H3,(H3,15,17,18). The van der Waals surface area contributed by atoms with Crippen molar-refractivity contribution in [2.45, 2.75) is 26.3 Å². The number of carbonyl (C=O) groups is 1. The second-order valence-electron chi connectivity index (χ2n) is 4.84. The Morgan fingerprint density at radius 3 is 2.44 bits per heavy atom. The van der Waals surface area contributed by atoms with Crippen LogP contribution >= 0.6 is 0 Å². The number of nitrogens with two attached hydrogens (primary N) is 1. The van der Waals surface area contributed by atoms with Gasteiger partial charge in [-0.25, -0.2) is 4.79 Å². The highest BCUT2D eigenvalue weighted by Crippen LogP contribution is 2.20. The lowest BCUT2D eigenvalue weighted by Crippen LogP contribution is -2.36. The molecule has 1 rings (SSSR count). The number of nitrogens with one attached hydrogen (secondary N) is 2. The summed E-state index contributed by atoms with van der Waals surface area (Å²) in [6.45, 7) is 5.69. The van der Waals surface area contributed by atoms with Gasteiger partial charge in [-0.1, -0.05) is 44.2 Å². The molecule has 0 fully saturated rings. The molecule has 18 heavy (non-hydrogen) atoms. The molecule has 2 amide bonds. The van der Waals surface area contributed by atoms with Gasteiger partial charge in [0.15, 0.2) is 0 Å². The molecule has 0 aromatic heterocycles. The van der Waals surface area contributed by atoms with E-state index >= 15 is 0 Å². The van der Waals surface area contributed by atoms with Crippen molar-refractivity contribution in [3.63, 3.8) is 0 Å². The zero-order valence-corrected chi connectivity index (χ0v) is 11.1. The van der Waals surface area contributed by atoms with Crippen molar-refractivity contribution in [2.24, 2.45) is 11.7 Å². The third-order valence-corrected chi connectivity index (χ3v) is 2.72. The van der Waals surface area contributed by atoms with E-state index in [-0.39, 0.29) is 0 Å². The number of benzene rings is 1. The molecule has 0 saturated heterocycles. The van der Waals surface area contributed by atoms with Gasteiger partial charge in [0, 0.05) is 19.1 Å². The zero-order chi connectivity index (χ0) is 13.4. The Kier molecular flexibility index (Phi) is 6.22. The fraction of sp³-hybridized carbons (Fsp3) is 0.500. The van der Waals surface area contributed by atoms with Crippen LogP contribution in [0.15, 0.2) is 30.3 Å². The molecular weight excluding hydrogens is 226 g/mol. The minimum absolute atomic E-state index is 0.320. The van der Waals surface area contributed by atoms with Crippen LogP contribution in [-0.4, -0.2) is 19.1 Å². The summed E-state index contributed by atoms with van der Waals surface area (Å²) >= 11 is 0. The maximum absolute atomic E-state index is 10.6. The Morgan fingerprint density at radius 2 is 1.89 bits per heavy atom. The molecule has 0 aliphatic rings. The SMILES string of the molecule is CC(C)CC(NCCNC(N)=O)c1ccccc1. The summed E-state index contributed by atoms with van der Waals surface area (Å²) in [4.78, 5) is 10.6. The van der Waals surface area contributed by atoms with Crippen LogP contribution in [-0.2, 0) is 0 Å². The predicted molar refractivity (Wildman–Crippen MR) is 74.2 cm³/mol. The van der Waals surface area contributed by atoms with Gasteiger partial charge in [-0.2, -0.15) is 0 Å². The van der Waals surface area contributed by atoms with Crippen molar-refractivity contribution in [1.82, 2.24) is 10.6 Å². The molecular formula is C14H23N3O. The highest BCUT2D eigenvalue weighted by Gasteiger charge is 2.12. The molecule has 1 unspecified atom stereocenters. The number of primary amides is 1. The molecule has 4 nitrogen and oxygen atoms in total. The van der Waals surface area contributed by atoms with Gasteiger partial charge < -0.3 is 16.4 Å². The molecule has 0 saturated carbocycles. The van der Waals surface area contributed by atoms with Gasteiger partial charge in [-0.05, 0) is 17.9 Å². The number of urea groups is 1. The number of hydrogen-bond acceptors (Lipinski definition) is 2. The van der Waals surface area contributed by atoms with Crippen molar-refractivity contribution >= 4 is 6.03 Å². The van der Waals surface area contributed by atoms with Crippen LogP contribution in [0.3, 0.4) is 0 Å². The van der Waals surface area contributed by atoms with Crippen molar-refractivity contribution < 1.29 is 4.79 Å². The van der Waals surface area contributed by atoms with Crippen LogP contribution in [0.1, 0.15) is 31.9 Å². The van der Waals surface area contributed by atoms with Gasteiger partial charge >= 0.3 is 6.03 Å². The van der Waals surface area contributed by atoms with E-state index < -0.39 is 6.03 Å². The number of amides is 2. The third kappa shape index (κ3) is 5.68. The van der Waals surface area contributed by atoms with Crippen molar-refractivity contribution in [3.05, 3.63) is 35.9 Å². The number of rotatable bonds is 7. The van der Waals surface area contributed by atoms with Gasteiger partial charge in [0.05, 0.1) is 0 Å². The smallest absolute Gasteiger partial charge is 0.312 e. The third-order valence-electron chi connectivity index (χ3n) is 2.72. The summed E-state index contributed by atoms with van der Waals surface area (Å²) in [5, 5.41) is 6.03. The fourth-order valence-corrected chi connectivity index (χ4v) is 1.93. The molecule has 1 aromatic carbocycles. The summed E-state index contributed by atoms with van der Waals surface area (Å²) < 4.78 is 0. The van der Waals surface area contributed by atoms with E-state index in [0.29, 0.717) is 18.5 Å². The van der Waals surface area contributed by atoms with Crippen LogP contribution in [0, 0.1) is 5.92 Å². The summed E-state index contributed by atoms with van der Waals surface area (Å²) in [5.41, 5.74) is 6.31. The molecule has 1 aromatic rings. The molecule has 1 atom stereocenters. The Labute approximate surface area is 109 Å². The first-order valence-electron chi connectivity index (χ1n) is 6.41. The maximum atomic E-state index is 10.6. The summed E-state index contributed by atoms with van der Waals surface area (Å²) in [7, 11) is 0. The maximum Gasteiger partial charge on any atom is 0.312 e. The van der Waals surface area contributed by atoms with E-state index in [1.807, 2.05) is 18.2 Å². The predicted octanol–water partition coefficient (Wildman–Crippen LogP) is 2.03. The lowest BCUT2D eigenvalue weighted by atomic mass is 9.97. The van der Waals surface area contributed by atoms with E-state index in [9.17, 15) is 4.79 Å². The Morgan fingerprint density at radius 1 is 1.22 bits per heavy atom. The van der Waals surface area contributed by atoms with Crippen molar-refractivity contribution in [2.75, 3.05) is 13.1 Å². The molecule has 4 N–H and O–H groups in total. The summed E-state index contributed by atoms with van der Waals surface area (Å²) in [5.74, 6) is 0.617. The first kappa shape index (κ1) is 14.5. The largest absolute Gasteiger partial charge is 0.352 e. The quantitative estimate of drug-likeness (QED) is 0.647. The molecule has 0 radical (unpaired) electrons. The summed E-state index contributed by atoms with van der Waals surface area (Å²) in [6, 6.07) is 10.2. The van der Waals surface area contributed by atoms with Gasteiger partial charge in [0.1, 0.15) is 0 Å². The van der Waals surface area contributed by atoms with Gasteiger partial charge in [0.2, 0.25) is 0 Å². The zero-order valence-electron chi connectivity index (χ0n) is 11.1. The van der Waals surface area contributed by atoms with Crippen LogP contribution in [0.4, 0.5) is 4.79 Å². The van der Waals surface area contributed by atoms with Crippen LogP contribution in [0.2, 0.25) is 0 Å². The van der Waals surface area contributed by atoms with E-state index in [1.165, 1.54) is 5.56 Å².